The van der Waals surface area contributed by atoms with Crippen LogP contribution in [-0.4, -0.2) is 50.8 Å². The average Bonchev–Trinajstić information content (AvgIpc) is 3.57. The van der Waals surface area contributed by atoms with Gasteiger partial charge in [0.1, 0.15) is 11.9 Å². The molecule has 1 unspecified atom stereocenters. The van der Waals surface area contributed by atoms with Gasteiger partial charge in [-0.2, -0.15) is 0 Å². The number of rotatable bonds is 40. The van der Waals surface area contributed by atoms with Gasteiger partial charge in [-0.3, -0.25) is 9.69 Å². The molecule has 1 aromatic rings. The van der Waals surface area contributed by atoms with E-state index in [9.17, 15) is 9.90 Å². The lowest BCUT2D eigenvalue weighted by molar-refractivity contribution is -0.150. The number of carbonyl (C=O) groups excluding carboxylic acids is 1. The van der Waals surface area contributed by atoms with Crippen LogP contribution < -0.4 is 0 Å². The van der Waals surface area contributed by atoms with Gasteiger partial charge in [-0.25, -0.2) is 4.98 Å². The van der Waals surface area contributed by atoms with E-state index in [0.29, 0.717) is 6.42 Å². The number of aryl methyl sites for hydroxylation is 1. The van der Waals surface area contributed by atoms with Crippen LogP contribution in [-0.2, 0) is 22.6 Å². The molecule has 0 saturated carbocycles. The lowest BCUT2D eigenvalue weighted by atomic mass is 10.0. The van der Waals surface area contributed by atoms with Gasteiger partial charge in [-0.1, -0.05) is 175 Å². The molecule has 6 heteroatoms. The van der Waals surface area contributed by atoms with E-state index in [1.54, 1.807) is 0 Å². The highest BCUT2D eigenvalue weighted by atomic mass is 16.5. The first kappa shape index (κ1) is 48.6. The fraction of sp³-hybridized carbons (Fsp3) is 0.913. The third-order valence-corrected chi connectivity index (χ3v) is 10.9. The zero-order chi connectivity index (χ0) is 37.7. The summed E-state index contributed by atoms with van der Waals surface area (Å²) in [6.45, 7) is 12.5. The van der Waals surface area contributed by atoms with Crippen molar-refractivity contribution in [2.75, 3.05) is 13.1 Å². The number of aliphatic hydroxyl groups is 1. The Morgan fingerprint density at radius 1 is 0.635 bits per heavy atom. The number of aromatic nitrogens is 2. The number of hydrogen-bond donors (Lipinski definition) is 1. The predicted molar refractivity (Wildman–Crippen MR) is 224 cm³/mol. The van der Waals surface area contributed by atoms with Crippen LogP contribution in [0.5, 0.6) is 0 Å². The second-order valence-electron chi connectivity index (χ2n) is 16.1. The zero-order valence-electron chi connectivity index (χ0n) is 35.4. The van der Waals surface area contributed by atoms with Crippen molar-refractivity contribution < 1.29 is 14.6 Å². The maximum atomic E-state index is 12.8. The number of hydrogen-bond acceptors (Lipinski definition) is 5. The van der Waals surface area contributed by atoms with Crippen LogP contribution in [0.3, 0.4) is 0 Å². The Morgan fingerprint density at radius 2 is 1.10 bits per heavy atom. The van der Waals surface area contributed by atoms with Gasteiger partial charge in [-0.15, -0.1) is 0 Å². The highest BCUT2D eigenvalue weighted by Gasteiger charge is 2.16. The molecular weight excluding hydrogens is 643 g/mol. The molecule has 0 fully saturated rings. The fourth-order valence-electron chi connectivity index (χ4n) is 7.57. The van der Waals surface area contributed by atoms with Crippen molar-refractivity contribution in [3.63, 3.8) is 0 Å². The molecule has 1 rings (SSSR count). The minimum Gasteiger partial charge on any atom is -0.462 e. The van der Waals surface area contributed by atoms with Crippen molar-refractivity contribution in [1.29, 1.82) is 0 Å². The Morgan fingerprint density at radius 3 is 1.62 bits per heavy atom. The summed E-state index contributed by atoms with van der Waals surface area (Å²) in [5.74, 6) is 1.13. The van der Waals surface area contributed by atoms with Crippen LogP contribution in [0.4, 0.5) is 0 Å². The van der Waals surface area contributed by atoms with E-state index >= 15 is 0 Å². The summed E-state index contributed by atoms with van der Waals surface area (Å²) in [6.07, 6.45) is 42.6. The predicted octanol–water partition coefficient (Wildman–Crippen LogP) is 13.5. The quantitative estimate of drug-likeness (QED) is 0.0538. The molecule has 0 saturated heterocycles. The first-order valence-corrected chi connectivity index (χ1v) is 23.1. The molecule has 0 aliphatic heterocycles. The third-order valence-electron chi connectivity index (χ3n) is 10.9. The summed E-state index contributed by atoms with van der Waals surface area (Å²) in [6, 6.07) is 0. The molecule has 0 spiro atoms. The van der Waals surface area contributed by atoms with Crippen molar-refractivity contribution in [2.24, 2.45) is 0 Å². The molecule has 1 aromatic heterocycles. The van der Waals surface area contributed by atoms with Gasteiger partial charge in [0.05, 0.1) is 12.6 Å². The summed E-state index contributed by atoms with van der Waals surface area (Å²) >= 11 is 0. The number of ether oxygens (including phenoxy) is 1. The van der Waals surface area contributed by atoms with Crippen molar-refractivity contribution in [3.05, 3.63) is 18.2 Å². The molecule has 6 nitrogen and oxygen atoms in total. The Bertz CT molecular complexity index is 874. The van der Waals surface area contributed by atoms with E-state index in [2.05, 4.69) is 48.3 Å². The van der Waals surface area contributed by atoms with Gasteiger partial charge >= 0.3 is 5.97 Å². The second-order valence-corrected chi connectivity index (χ2v) is 16.1. The van der Waals surface area contributed by atoms with Crippen molar-refractivity contribution >= 4 is 5.97 Å². The average molecular weight is 732 g/mol. The van der Waals surface area contributed by atoms with Gasteiger partial charge < -0.3 is 14.4 Å². The molecule has 52 heavy (non-hydrogen) atoms. The van der Waals surface area contributed by atoms with Gasteiger partial charge in [0.2, 0.25) is 0 Å². The van der Waals surface area contributed by atoms with Crippen LogP contribution in [0.1, 0.15) is 239 Å². The van der Waals surface area contributed by atoms with Crippen LogP contribution in [0, 0.1) is 0 Å². The summed E-state index contributed by atoms with van der Waals surface area (Å²) in [5, 5.41) is 11.0. The topological polar surface area (TPSA) is 67.6 Å². The summed E-state index contributed by atoms with van der Waals surface area (Å²) < 4.78 is 8.34. The first-order valence-electron chi connectivity index (χ1n) is 23.1. The first-order chi connectivity index (χ1) is 25.5. The lowest BCUT2D eigenvalue weighted by Crippen LogP contribution is -2.34. The summed E-state index contributed by atoms with van der Waals surface area (Å²) in [4.78, 5) is 19.9. The minimum atomic E-state index is -0.277. The Balaban J connectivity index is 2.39. The minimum absolute atomic E-state index is 0.0205. The molecular formula is C46H89N3O3. The van der Waals surface area contributed by atoms with E-state index < -0.39 is 0 Å². The number of aliphatic hydroxyl groups excluding tert-OH is 1. The van der Waals surface area contributed by atoms with Crippen molar-refractivity contribution in [2.45, 2.75) is 258 Å². The lowest BCUT2D eigenvalue weighted by Gasteiger charge is -2.25. The van der Waals surface area contributed by atoms with E-state index in [4.69, 9.17) is 4.74 Å². The molecule has 0 bridgehead atoms. The van der Waals surface area contributed by atoms with Gasteiger partial charge in [-0.05, 0) is 57.9 Å². The monoisotopic (exact) mass is 732 g/mol. The molecule has 306 valence electrons. The number of imidazole rings is 1. The number of esters is 1. The largest absolute Gasteiger partial charge is 0.462 e. The standard InChI is InChI=1S/C46H89N3O3/c1-5-9-12-15-18-19-20-21-23-28-33-43(50)41-48(42-45-47-37-40-49(45)38-8-4)39-32-27-22-26-31-36-46(51)52-44(34-29-24-16-13-10-6-2)35-30-25-17-14-11-7-3/h37,40,43-44,50H,5-36,38-39,41-42H2,1-4H3. The second kappa shape index (κ2) is 36.6. The summed E-state index contributed by atoms with van der Waals surface area (Å²) in [5.41, 5.74) is 0. The van der Waals surface area contributed by atoms with Crippen molar-refractivity contribution in [1.82, 2.24) is 14.5 Å². The van der Waals surface area contributed by atoms with Crippen LogP contribution in [0.25, 0.3) is 0 Å². The maximum absolute atomic E-state index is 12.8. The van der Waals surface area contributed by atoms with E-state index in [1.165, 1.54) is 135 Å². The highest BCUT2D eigenvalue weighted by molar-refractivity contribution is 5.69. The Hall–Kier alpha value is -1.40. The van der Waals surface area contributed by atoms with E-state index in [0.717, 1.165) is 96.2 Å². The molecule has 0 aliphatic rings. The molecule has 1 heterocycles. The van der Waals surface area contributed by atoms with Gasteiger partial charge in [0.25, 0.3) is 0 Å². The van der Waals surface area contributed by atoms with Crippen LogP contribution in [0.15, 0.2) is 12.4 Å². The molecule has 1 N–H and O–H groups in total. The van der Waals surface area contributed by atoms with Gasteiger partial charge in [0.15, 0.2) is 0 Å². The molecule has 0 aliphatic carbocycles. The zero-order valence-corrected chi connectivity index (χ0v) is 35.4. The SMILES string of the molecule is CCCCCCCCCCCCC(O)CN(CCCCCCCC(=O)OC(CCCCCCCC)CCCCCCCC)Cc1nccn1CCC. The summed E-state index contributed by atoms with van der Waals surface area (Å²) in [7, 11) is 0. The third kappa shape index (κ3) is 29.0. The number of unbranched alkanes of at least 4 members (excludes halogenated alkanes) is 23. The van der Waals surface area contributed by atoms with Gasteiger partial charge in [0, 0.05) is 31.9 Å². The maximum Gasteiger partial charge on any atom is 0.306 e. The van der Waals surface area contributed by atoms with Crippen molar-refractivity contribution in [3.8, 4) is 0 Å². The molecule has 0 amide bonds. The smallest absolute Gasteiger partial charge is 0.306 e. The normalized spacial score (nSPS) is 12.4. The molecule has 1 atom stereocenters. The van der Waals surface area contributed by atoms with E-state index in [1.807, 2.05) is 6.20 Å². The van der Waals surface area contributed by atoms with E-state index in [-0.39, 0.29) is 18.2 Å². The Kier molecular flexibility index (Phi) is 34.2. The molecule has 0 aromatic carbocycles. The fourth-order valence-corrected chi connectivity index (χ4v) is 7.57. The highest BCUT2D eigenvalue weighted by Crippen LogP contribution is 2.19. The van der Waals surface area contributed by atoms with Crippen LogP contribution >= 0.6 is 0 Å². The number of nitrogens with zero attached hydrogens (tertiary/aromatic N) is 3. The Labute approximate surface area is 324 Å². The van der Waals surface area contributed by atoms with Crippen LogP contribution in [0.2, 0.25) is 0 Å². The number of carbonyl (C=O) groups is 1. The molecule has 0 radical (unpaired) electrons.